The molecule has 0 aliphatic heterocycles. The summed E-state index contributed by atoms with van der Waals surface area (Å²) in [5, 5.41) is -0.761. The zero-order valence-corrected chi connectivity index (χ0v) is 10.1. The summed E-state index contributed by atoms with van der Waals surface area (Å²) >= 11 is 4.70. The van der Waals surface area contributed by atoms with E-state index >= 15 is 0 Å². The summed E-state index contributed by atoms with van der Waals surface area (Å²) in [7, 11) is -1.73. The first-order chi connectivity index (χ1) is 6.37. The van der Waals surface area contributed by atoms with Gasteiger partial charge in [0.1, 0.15) is 5.25 Å². The van der Waals surface area contributed by atoms with E-state index in [1.165, 1.54) is 11.2 Å². The zero-order valence-electron chi connectivity index (χ0n) is 8.43. The van der Waals surface area contributed by atoms with Gasteiger partial charge >= 0.3 is 0 Å². The van der Waals surface area contributed by atoms with Crippen LogP contribution in [0.15, 0.2) is 0 Å². The number of thiocarbonyl (C=S) groups is 1. The van der Waals surface area contributed by atoms with Crippen LogP contribution in [0, 0.1) is 0 Å². The van der Waals surface area contributed by atoms with E-state index in [-0.39, 0.29) is 11.0 Å². The first kappa shape index (κ1) is 11.9. The fraction of sp³-hybridized carbons (Fsp3) is 0.875. The predicted octanol–water partition coefficient (Wildman–Crippen LogP) is 0.475. The van der Waals surface area contributed by atoms with Crippen molar-refractivity contribution >= 4 is 27.2 Å². The molecule has 1 fully saturated rings. The number of hydrogen-bond acceptors (Lipinski definition) is 3. The van der Waals surface area contributed by atoms with E-state index in [9.17, 15) is 8.42 Å². The van der Waals surface area contributed by atoms with E-state index in [1.807, 2.05) is 0 Å². The van der Waals surface area contributed by atoms with Gasteiger partial charge in [0.25, 0.3) is 0 Å². The monoisotopic (exact) mass is 236 g/mol. The third-order valence-corrected chi connectivity index (χ3v) is 5.59. The summed E-state index contributed by atoms with van der Waals surface area (Å²) in [5.41, 5.74) is 5.35. The van der Waals surface area contributed by atoms with Gasteiger partial charge in [-0.2, -0.15) is 0 Å². The lowest BCUT2D eigenvalue weighted by molar-refractivity contribution is 0.249. The van der Waals surface area contributed by atoms with E-state index in [1.54, 1.807) is 7.05 Å². The van der Waals surface area contributed by atoms with Crippen LogP contribution in [0.4, 0.5) is 0 Å². The highest BCUT2D eigenvalue weighted by molar-refractivity contribution is 7.92. The Hall–Kier alpha value is -0.200. The van der Waals surface area contributed by atoms with Gasteiger partial charge in [-0.05, 0) is 19.8 Å². The molecule has 0 aromatic carbocycles. The molecule has 0 amide bonds. The first-order valence-corrected chi connectivity index (χ1v) is 6.54. The molecule has 1 aliphatic rings. The van der Waals surface area contributed by atoms with Crippen LogP contribution in [0.25, 0.3) is 0 Å². The van der Waals surface area contributed by atoms with Crippen LogP contribution in [0.3, 0.4) is 0 Å². The Morgan fingerprint density at radius 3 is 2.36 bits per heavy atom. The van der Waals surface area contributed by atoms with E-state index in [0.29, 0.717) is 0 Å². The maximum absolute atomic E-state index is 11.9. The summed E-state index contributed by atoms with van der Waals surface area (Å²) in [4.78, 5) is 0.0381. The molecule has 1 atom stereocenters. The van der Waals surface area contributed by atoms with Crippen LogP contribution in [0.2, 0.25) is 0 Å². The standard InChI is InChI=1S/C8H16N2O2S2/c1-6(8(9)13)14(11,12)10(2)7-4-3-5-7/h6-7H,3-5H2,1-2H3,(H2,9,13). The van der Waals surface area contributed by atoms with Crippen molar-refractivity contribution < 1.29 is 8.42 Å². The number of rotatable bonds is 4. The SMILES string of the molecule is CC(C(N)=S)S(=O)(=O)N(C)C1CCC1. The molecule has 1 rings (SSSR count). The number of nitrogens with zero attached hydrogens (tertiary/aromatic N) is 1. The smallest absolute Gasteiger partial charge is 0.223 e. The van der Waals surface area contributed by atoms with Gasteiger partial charge in [0.15, 0.2) is 0 Å². The highest BCUT2D eigenvalue weighted by Gasteiger charge is 2.35. The molecule has 1 aliphatic carbocycles. The van der Waals surface area contributed by atoms with E-state index in [4.69, 9.17) is 18.0 Å². The van der Waals surface area contributed by atoms with E-state index < -0.39 is 15.3 Å². The summed E-state index contributed by atoms with van der Waals surface area (Å²) in [6, 6.07) is 0.150. The van der Waals surface area contributed by atoms with Crippen molar-refractivity contribution in [3.8, 4) is 0 Å². The summed E-state index contributed by atoms with van der Waals surface area (Å²) < 4.78 is 25.1. The Morgan fingerprint density at radius 2 is 2.07 bits per heavy atom. The average Bonchev–Trinajstić information content (AvgIpc) is 1.99. The Bertz CT molecular complexity index is 322. The molecule has 82 valence electrons. The van der Waals surface area contributed by atoms with Gasteiger partial charge in [0.2, 0.25) is 10.0 Å². The topological polar surface area (TPSA) is 63.4 Å². The molecule has 6 heteroatoms. The number of hydrogen-bond donors (Lipinski definition) is 1. The van der Waals surface area contributed by atoms with Gasteiger partial charge in [-0.3, -0.25) is 0 Å². The van der Waals surface area contributed by atoms with Crippen LogP contribution in [0.1, 0.15) is 26.2 Å². The van der Waals surface area contributed by atoms with Crippen molar-refractivity contribution in [1.29, 1.82) is 0 Å². The summed E-state index contributed by atoms with van der Waals surface area (Å²) in [5.74, 6) is 0. The second-order valence-electron chi connectivity index (χ2n) is 3.69. The second kappa shape index (κ2) is 4.12. The second-order valence-corrected chi connectivity index (χ2v) is 6.47. The quantitative estimate of drug-likeness (QED) is 0.721. The molecule has 0 spiro atoms. The van der Waals surface area contributed by atoms with Crippen molar-refractivity contribution in [2.45, 2.75) is 37.5 Å². The first-order valence-electron chi connectivity index (χ1n) is 4.63. The van der Waals surface area contributed by atoms with Crippen LogP contribution < -0.4 is 5.73 Å². The lowest BCUT2D eigenvalue weighted by Gasteiger charge is -2.35. The maximum atomic E-state index is 11.9. The fourth-order valence-corrected chi connectivity index (χ4v) is 3.14. The highest BCUT2D eigenvalue weighted by atomic mass is 32.2. The lowest BCUT2D eigenvalue weighted by Crippen LogP contribution is -2.47. The molecule has 0 saturated heterocycles. The van der Waals surface area contributed by atoms with Crippen molar-refractivity contribution in [2.24, 2.45) is 5.73 Å². The molecule has 0 aromatic heterocycles. The van der Waals surface area contributed by atoms with Gasteiger partial charge in [-0.1, -0.05) is 18.6 Å². The average molecular weight is 236 g/mol. The molecule has 0 heterocycles. The van der Waals surface area contributed by atoms with Gasteiger partial charge in [-0.25, -0.2) is 12.7 Å². The molecule has 1 saturated carbocycles. The molecule has 0 aromatic rings. The Labute approximate surface area is 90.5 Å². The minimum atomic E-state index is -3.33. The summed E-state index contributed by atoms with van der Waals surface area (Å²) in [6.07, 6.45) is 2.99. The third-order valence-electron chi connectivity index (χ3n) is 2.84. The molecule has 1 unspecified atom stereocenters. The maximum Gasteiger partial charge on any atom is 0.223 e. The van der Waals surface area contributed by atoms with Crippen molar-refractivity contribution in [3.05, 3.63) is 0 Å². The van der Waals surface area contributed by atoms with Crippen LogP contribution in [-0.2, 0) is 10.0 Å². The Kier molecular flexibility index (Phi) is 3.49. The normalized spacial score (nSPS) is 20.5. The Balaban J connectivity index is 2.78. The molecule has 2 N–H and O–H groups in total. The number of nitrogens with two attached hydrogens (primary N) is 1. The van der Waals surface area contributed by atoms with E-state index in [2.05, 4.69) is 0 Å². The molecule has 0 bridgehead atoms. The molecular weight excluding hydrogens is 220 g/mol. The molecule has 0 radical (unpaired) electrons. The number of sulfonamides is 1. The predicted molar refractivity (Wildman–Crippen MR) is 60.6 cm³/mol. The fourth-order valence-electron chi connectivity index (χ4n) is 1.35. The van der Waals surface area contributed by atoms with E-state index in [0.717, 1.165) is 19.3 Å². The minimum absolute atomic E-state index is 0.0381. The highest BCUT2D eigenvalue weighted by Crippen LogP contribution is 2.26. The van der Waals surface area contributed by atoms with Crippen molar-refractivity contribution in [2.75, 3.05) is 7.05 Å². The van der Waals surface area contributed by atoms with Gasteiger partial charge in [-0.15, -0.1) is 0 Å². The molecule has 14 heavy (non-hydrogen) atoms. The zero-order chi connectivity index (χ0) is 10.9. The molecular formula is C8H16N2O2S2. The van der Waals surface area contributed by atoms with Gasteiger partial charge in [0.05, 0.1) is 4.99 Å². The largest absolute Gasteiger partial charge is 0.392 e. The van der Waals surface area contributed by atoms with Crippen LogP contribution >= 0.6 is 12.2 Å². The van der Waals surface area contributed by atoms with Gasteiger partial charge in [0, 0.05) is 13.1 Å². The molecule has 4 nitrogen and oxygen atoms in total. The van der Waals surface area contributed by atoms with Crippen molar-refractivity contribution in [3.63, 3.8) is 0 Å². The van der Waals surface area contributed by atoms with Crippen molar-refractivity contribution in [1.82, 2.24) is 4.31 Å². The van der Waals surface area contributed by atoms with Crippen LogP contribution in [-0.4, -0.2) is 36.1 Å². The lowest BCUT2D eigenvalue weighted by atomic mass is 9.94. The van der Waals surface area contributed by atoms with Crippen LogP contribution in [0.5, 0.6) is 0 Å². The summed E-state index contributed by atoms with van der Waals surface area (Å²) in [6.45, 7) is 1.53. The Morgan fingerprint density at radius 1 is 1.57 bits per heavy atom. The van der Waals surface area contributed by atoms with Gasteiger partial charge < -0.3 is 5.73 Å². The minimum Gasteiger partial charge on any atom is -0.392 e. The third kappa shape index (κ3) is 2.07.